The highest BCUT2D eigenvalue weighted by Gasteiger charge is 2.25. The van der Waals surface area contributed by atoms with Crippen LogP contribution in [0.25, 0.3) is 11.1 Å². The van der Waals surface area contributed by atoms with Crippen molar-refractivity contribution in [2.45, 2.75) is 6.92 Å². The molecule has 3 rings (SSSR count). The molecule has 1 heterocycles. The summed E-state index contributed by atoms with van der Waals surface area (Å²) in [6.07, 6.45) is 0. The van der Waals surface area contributed by atoms with Crippen LogP contribution in [0, 0.1) is 0 Å². The van der Waals surface area contributed by atoms with Crippen LogP contribution in [0.2, 0.25) is 0 Å². The molecule has 2 amide bonds. The SMILES string of the molecule is CCN1NC(=O)c2ccccc2-c2ccccc2C1=O. The Bertz CT molecular complexity index is 694. The van der Waals surface area contributed by atoms with E-state index >= 15 is 0 Å². The maximum Gasteiger partial charge on any atom is 0.272 e. The van der Waals surface area contributed by atoms with E-state index in [-0.39, 0.29) is 11.8 Å². The van der Waals surface area contributed by atoms with Gasteiger partial charge in [-0.2, -0.15) is 0 Å². The van der Waals surface area contributed by atoms with E-state index in [0.717, 1.165) is 11.1 Å². The highest BCUT2D eigenvalue weighted by atomic mass is 16.2. The fourth-order valence-corrected chi connectivity index (χ4v) is 2.42. The summed E-state index contributed by atoms with van der Waals surface area (Å²) in [6, 6.07) is 14.7. The van der Waals surface area contributed by atoms with Crippen molar-refractivity contribution < 1.29 is 9.59 Å². The number of hydrogen-bond donors (Lipinski definition) is 1. The zero-order chi connectivity index (χ0) is 14.1. The van der Waals surface area contributed by atoms with Gasteiger partial charge in [0.15, 0.2) is 0 Å². The van der Waals surface area contributed by atoms with Gasteiger partial charge >= 0.3 is 0 Å². The van der Waals surface area contributed by atoms with Crippen LogP contribution in [-0.2, 0) is 0 Å². The number of rotatable bonds is 1. The van der Waals surface area contributed by atoms with Crippen molar-refractivity contribution in [2.24, 2.45) is 0 Å². The molecule has 1 N–H and O–H groups in total. The zero-order valence-corrected chi connectivity index (χ0v) is 11.1. The maximum absolute atomic E-state index is 12.5. The molecule has 0 bridgehead atoms. The first kappa shape index (κ1) is 12.4. The second-order valence-corrected chi connectivity index (χ2v) is 4.58. The van der Waals surface area contributed by atoms with Crippen LogP contribution in [0.4, 0.5) is 0 Å². The number of hydrogen-bond acceptors (Lipinski definition) is 2. The summed E-state index contributed by atoms with van der Waals surface area (Å²) in [6.45, 7) is 2.25. The molecule has 1 aliphatic rings. The van der Waals surface area contributed by atoms with Crippen LogP contribution in [0.15, 0.2) is 48.5 Å². The second kappa shape index (κ2) is 4.81. The first-order valence-electron chi connectivity index (χ1n) is 6.53. The molecule has 1 aliphatic heterocycles. The number of fused-ring (bicyclic) bond motifs is 3. The fraction of sp³-hybridized carbons (Fsp3) is 0.125. The molecule has 0 unspecified atom stereocenters. The molecule has 0 aliphatic carbocycles. The van der Waals surface area contributed by atoms with Crippen LogP contribution in [0.1, 0.15) is 27.6 Å². The topological polar surface area (TPSA) is 49.4 Å². The van der Waals surface area contributed by atoms with E-state index in [2.05, 4.69) is 5.43 Å². The summed E-state index contributed by atoms with van der Waals surface area (Å²) >= 11 is 0. The van der Waals surface area contributed by atoms with Crippen LogP contribution in [0.5, 0.6) is 0 Å². The van der Waals surface area contributed by atoms with Crippen molar-refractivity contribution in [3.8, 4) is 11.1 Å². The van der Waals surface area contributed by atoms with Crippen molar-refractivity contribution in [1.82, 2.24) is 10.4 Å². The van der Waals surface area contributed by atoms with Gasteiger partial charge in [0, 0.05) is 17.7 Å². The molecule has 0 radical (unpaired) electrons. The van der Waals surface area contributed by atoms with E-state index in [1.165, 1.54) is 5.01 Å². The Kier molecular flexibility index (Phi) is 2.99. The van der Waals surface area contributed by atoms with Crippen LogP contribution < -0.4 is 5.43 Å². The Hall–Kier alpha value is -2.62. The molecule has 2 aromatic carbocycles. The molecule has 0 saturated carbocycles. The van der Waals surface area contributed by atoms with Crippen LogP contribution >= 0.6 is 0 Å². The van der Waals surface area contributed by atoms with Gasteiger partial charge < -0.3 is 0 Å². The first-order chi connectivity index (χ1) is 9.72. The molecular weight excluding hydrogens is 252 g/mol. The number of carbonyl (C=O) groups excluding carboxylic acids is 2. The minimum Gasteiger partial charge on any atom is -0.267 e. The normalized spacial score (nSPS) is 13.9. The lowest BCUT2D eigenvalue weighted by Crippen LogP contribution is -2.47. The summed E-state index contributed by atoms with van der Waals surface area (Å²) in [5, 5.41) is 1.34. The van der Waals surface area contributed by atoms with Gasteiger partial charge in [0.1, 0.15) is 0 Å². The zero-order valence-electron chi connectivity index (χ0n) is 11.1. The van der Waals surface area contributed by atoms with E-state index in [9.17, 15) is 9.59 Å². The summed E-state index contributed by atoms with van der Waals surface area (Å²) in [5.41, 5.74) is 5.41. The standard InChI is InChI=1S/C16H14N2O2/c1-2-18-16(20)14-10-6-4-8-12(14)11-7-3-5-9-13(11)15(19)17-18/h3-10H,2H2,1H3,(H,17,19). The molecule has 0 spiro atoms. The van der Waals surface area contributed by atoms with Gasteiger partial charge in [0.25, 0.3) is 11.8 Å². The lowest BCUT2D eigenvalue weighted by Gasteiger charge is -2.26. The van der Waals surface area contributed by atoms with Crippen molar-refractivity contribution >= 4 is 11.8 Å². The van der Waals surface area contributed by atoms with Crippen LogP contribution in [-0.4, -0.2) is 23.4 Å². The minimum atomic E-state index is -0.259. The molecule has 2 aromatic rings. The van der Waals surface area contributed by atoms with E-state index in [1.54, 1.807) is 12.1 Å². The van der Waals surface area contributed by atoms with Gasteiger partial charge in [0.2, 0.25) is 0 Å². The third kappa shape index (κ3) is 1.86. The Morgan fingerprint density at radius 2 is 1.35 bits per heavy atom. The molecular formula is C16H14N2O2. The van der Waals surface area contributed by atoms with Gasteiger partial charge in [-0.3, -0.25) is 15.0 Å². The van der Waals surface area contributed by atoms with E-state index in [0.29, 0.717) is 17.7 Å². The van der Waals surface area contributed by atoms with E-state index in [4.69, 9.17) is 0 Å². The Labute approximate surface area is 117 Å². The van der Waals surface area contributed by atoms with Crippen molar-refractivity contribution in [1.29, 1.82) is 0 Å². The summed E-state index contributed by atoms with van der Waals surface area (Å²) in [5.74, 6) is -0.448. The Morgan fingerprint density at radius 3 is 1.95 bits per heavy atom. The molecule has 0 saturated heterocycles. The minimum absolute atomic E-state index is 0.189. The molecule has 0 aromatic heterocycles. The summed E-state index contributed by atoms with van der Waals surface area (Å²) in [4.78, 5) is 24.8. The van der Waals surface area contributed by atoms with E-state index < -0.39 is 0 Å². The lowest BCUT2D eigenvalue weighted by molar-refractivity contribution is 0.0593. The molecule has 4 nitrogen and oxygen atoms in total. The molecule has 4 heteroatoms. The van der Waals surface area contributed by atoms with Crippen molar-refractivity contribution in [3.63, 3.8) is 0 Å². The van der Waals surface area contributed by atoms with Gasteiger partial charge in [-0.05, 0) is 30.2 Å². The van der Waals surface area contributed by atoms with Gasteiger partial charge in [-0.25, -0.2) is 5.01 Å². The highest BCUT2D eigenvalue weighted by molar-refractivity contribution is 6.09. The van der Waals surface area contributed by atoms with Gasteiger partial charge in [-0.1, -0.05) is 36.4 Å². The molecule has 0 atom stereocenters. The monoisotopic (exact) mass is 266 g/mol. The van der Waals surface area contributed by atoms with Gasteiger partial charge in [-0.15, -0.1) is 0 Å². The lowest BCUT2D eigenvalue weighted by atomic mass is 9.94. The third-order valence-electron chi connectivity index (χ3n) is 3.42. The number of benzene rings is 2. The summed E-state index contributed by atoms with van der Waals surface area (Å²) < 4.78 is 0. The molecule has 100 valence electrons. The third-order valence-corrected chi connectivity index (χ3v) is 3.42. The fourth-order valence-electron chi connectivity index (χ4n) is 2.42. The van der Waals surface area contributed by atoms with Gasteiger partial charge in [0.05, 0.1) is 0 Å². The Morgan fingerprint density at radius 1 is 0.850 bits per heavy atom. The predicted octanol–water partition coefficient (Wildman–Crippen LogP) is 2.47. The number of nitrogens with zero attached hydrogens (tertiary/aromatic N) is 1. The summed E-state index contributed by atoms with van der Waals surface area (Å²) in [7, 11) is 0. The quantitative estimate of drug-likeness (QED) is 0.862. The van der Waals surface area contributed by atoms with E-state index in [1.807, 2.05) is 43.3 Å². The van der Waals surface area contributed by atoms with Crippen LogP contribution in [0.3, 0.4) is 0 Å². The van der Waals surface area contributed by atoms with Crippen molar-refractivity contribution in [3.05, 3.63) is 59.7 Å². The Balaban J connectivity index is 2.30. The number of nitrogens with one attached hydrogen (secondary N) is 1. The average molecular weight is 266 g/mol. The predicted molar refractivity (Wildman–Crippen MR) is 76.1 cm³/mol. The highest BCUT2D eigenvalue weighted by Crippen LogP contribution is 2.29. The maximum atomic E-state index is 12.5. The second-order valence-electron chi connectivity index (χ2n) is 4.58. The first-order valence-corrected chi connectivity index (χ1v) is 6.53. The number of hydrazine groups is 1. The van der Waals surface area contributed by atoms with Crippen molar-refractivity contribution in [2.75, 3.05) is 6.54 Å². The largest absolute Gasteiger partial charge is 0.272 e. The molecule has 20 heavy (non-hydrogen) atoms. The average Bonchev–Trinajstić information content (AvgIpc) is 2.50. The number of carbonyl (C=O) groups is 2. The number of amides is 2. The molecule has 0 fully saturated rings. The smallest absolute Gasteiger partial charge is 0.267 e.